The molecule has 2 heteroatoms. The van der Waals surface area contributed by atoms with Crippen LogP contribution in [0.15, 0.2) is 18.2 Å². The van der Waals surface area contributed by atoms with Gasteiger partial charge in [0.2, 0.25) is 0 Å². The van der Waals surface area contributed by atoms with Crippen molar-refractivity contribution in [1.82, 2.24) is 0 Å². The van der Waals surface area contributed by atoms with Crippen molar-refractivity contribution in [3.05, 3.63) is 23.8 Å². The second-order valence-electron chi connectivity index (χ2n) is 5.39. The molecule has 0 amide bonds. The van der Waals surface area contributed by atoms with Gasteiger partial charge in [-0.2, -0.15) is 0 Å². The second-order valence-corrected chi connectivity index (χ2v) is 5.39. The summed E-state index contributed by atoms with van der Waals surface area (Å²) in [5.41, 5.74) is 10.1. The van der Waals surface area contributed by atoms with Gasteiger partial charge in [0.05, 0.1) is 11.4 Å². The van der Waals surface area contributed by atoms with Gasteiger partial charge in [0, 0.05) is 13.1 Å². The zero-order valence-corrected chi connectivity index (χ0v) is 11.3. The van der Waals surface area contributed by atoms with E-state index in [0.29, 0.717) is 5.41 Å². The van der Waals surface area contributed by atoms with E-state index in [1.807, 2.05) is 12.1 Å². The Morgan fingerprint density at radius 3 is 2.53 bits per heavy atom. The van der Waals surface area contributed by atoms with Crippen LogP contribution in [0.3, 0.4) is 0 Å². The molecule has 0 spiro atoms. The van der Waals surface area contributed by atoms with Crippen LogP contribution < -0.4 is 10.6 Å². The Morgan fingerprint density at radius 1 is 1.29 bits per heavy atom. The van der Waals surface area contributed by atoms with Crippen LogP contribution >= 0.6 is 0 Å². The number of aryl methyl sites for hydroxylation is 1. The molecule has 1 aromatic rings. The quantitative estimate of drug-likeness (QED) is 0.807. The highest BCUT2D eigenvalue weighted by Crippen LogP contribution is 2.41. The highest BCUT2D eigenvalue weighted by molar-refractivity contribution is 5.71. The third-order valence-electron chi connectivity index (χ3n) is 4.52. The highest BCUT2D eigenvalue weighted by Gasteiger charge is 2.35. The summed E-state index contributed by atoms with van der Waals surface area (Å²) >= 11 is 0. The zero-order valence-electron chi connectivity index (χ0n) is 11.3. The summed E-state index contributed by atoms with van der Waals surface area (Å²) in [7, 11) is 0. The Bertz CT molecular complexity index is 374. The molecule has 0 radical (unpaired) electrons. The van der Waals surface area contributed by atoms with Crippen LogP contribution in [0.2, 0.25) is 0 Å². The Balaban J connectivity index is 2.26. The predicted octanol–water partition coefficient (Wildman–Crippen LogP) is 3.59. The lowest BCUT2D eigenvalue weighted by Gasteiger charge is -2.28. The molecule has 1 heterocycles. The van der Waals surface area contributed by atoms with E-state index in [1.165, 1.54) is 30.5 Å². The lowest BCUT2D eigenvalue weighted by Crippen LogP contribution is -2.27. The van der Waals surface area contributed by atoms with E-state index in [1.54, 1.807) is 0 Å². The average Bonchev–Trinajstić information content (AvgIpc) is 2.74. The SMILES string of the molecule is CCC1(CC)CCN(c2c(C)cccc2N)C1. The van der Waals surface area contributed by atoms with Gasteiger partial charge in [-0.1, -0.05) is 26.0 Å². The topological polar surface area (TPSA) is 29.3 Å². The van der Waals surface area contributed by atoms with E-state index in [9.17, 15) is 0 Å². The van der Waals surface area contributed by atoms with Crippen LogP contribution in [-0.2, 0) is 0 Å². The predicted molar refractivity (Wildman–Crippen MR) is 75.4 cm³/mol. The third kappa shape index (κ3) is 2.13. The lowest BCUT2D eigenvalue weighted by molar-refractivity contribution is 0.301. The number of hydrogen-bond acceptors (Lipinski definition) is 2. The summed E-state index contributed by atoms with van der Waals surface area (Å²) in [5, 5.41) is 0. The molecule has 2 nitrogen and oxygen atoms in total. The van der Waals surface area contributed by atoms with Crippen molar-refractivity contribution >= 4 is 11.4 Å². The minimum atomic E-state index is 0.509. The van der Waals surface area contributed by atoms with Gasteiger partial charge in [-0.15, -0.1) is 0 Å². The van der Waals surface area contributed by atoms with Gasteiger partial charge in [0.15, 0.2) is 0 Å². The summed E-state index contributed by atoms with van der Waals surface area (Å²) in [4.78, 5) is 2.48. The molecule has 1 fully saturated rings. The Morgan fingerprint density at radius 2 is 2.00 bits per heavy atom. The number of anilines is 2. The third-order valence-corrected chi connectivity index (χ3v) is 4.52. The first kappa shape index (κ1) is 12.3. The van der Waals surface area contributed by atoms with E-state index >= 15 is 0 Å². The number of nitrogens with two attached hydrogens (primary N) is 1. The van der Waals surface area contributed by atoms with Gasteiger partial charge in [-0.05, 0) is 43.2 Å². The molecule has 2 rings (SSSR count). The normalized spacial score (nSPS) is 18.6. The van der Waals surface area contributed by atoms with Crippen molar-refractivity contribution in [1.29, 1.82) is 0 Å². The molecule has 0 aliphatic carbocycles. The van der Waals surface area contributed by atoms with Crippen LogP contribution in [0.25, 0.3) is 0 Å². The minimum Gasteiger partial charge on any atom is -0.397 e. The molecule has 0 bridgehead atoms. The number of rotatable bonds is 3. The van der Waals surface area contributed by atoms with Crippen LogP contribution in [0, 0.1) is 12.3 Å². The molecule has 1 aromatic carbocycles. The first-order valence-electron chi connectivity index (χ1n) is 6.72. The number of benzene rings is 1. The fraction of sp³-hybridized carbons (Fsp3) is 0.600. The minimum absolute atomic E-state index is 0.509. The number of hydrogen-bond donors (Lipinski definition) is 1. The standard InChI is InChI=1S/C15H24N2/c1-4-15(5-2)9-10-17(11-15)14-12(3)7-6-8-13(14)16/h6-8H,4-5,9-11,16H2,1-3H3. The van der Waals surface area contributed by atoms with E-state index in [4.69, 9.17) is 5.73 Å². The molecular weight excluding hydrogens is 208 g/mol. The van der Waals surface area contributed by atoms with Gasteiger partial charge >= 0.3 is 0 Å². The van der Waals surface area contributed by atoms with Crippen molar-refractivity contribution in [2.24, 2.45) is 5.41 Å². The van der Waals surface area contributed by atoms with Crippen molar-refractivity contribution in [3.8, 4) is 0 Å². The number of para-hydroxylation sites is 1. The molecule has 94 valence electrons. The molecule has 1 saturated heterocycles. The van der Waals surface area contributed by atoms with Crippen LogP contribution in [-0.4, -0.2) is 13.1 Å². The molecule has 0 atom stereocenters. The van der Waals surface area contributed by atoms with Crippen molar-refractivity contribution in [2.45, 2.75) is 40.0 Å². The van der Waals surface area contributed by atoms with Crippen LogP contribution in [0.4, 0.5) is 11.4 Å². The monoisotopic (exact) mass is 232 g/mol. The second kappa shape index (κ2) is 4.59. The summed E-state index contributed by atoms with van der Waals surface area (Å²) in [6.07, 6.45) is 3.84. The molecule has 0 unspecified atom stereocenters. The van der Waals surface area contributed by atoms with Crippen molar-refractivity contribution in [3.63, 3.8) is 0 Å². The molecule has 17 heavy (non-hydrogen) atoms. The summed E-state index contributed by atoms with van der Waals surface area (Å²) in [5.74, 6) is 0. The maximum atomic E-state index is 6.13. The van der Waals surface area contributed by atoms with Crippen LogP contribution in [0.1, 0.15) is 38.7 Å². The molecule has 1 aliphatic heterocycles. The largest absolute Gasteiger partial charge is 0.397 e. The van der Waals surface area contributed by atoms with Gasteiger partial charge in [0.1, 0.15) is 0 Å². The summed E-state index contributed by atoms with van der Waals surface area (Å²) < 4.78 is 0. The zero-order chi connectivity index (χ0) is 12.5. The Hall–Kier alpha value is -1.18. The maximum Gasteiger partial charge on any atom is 0.0629 e. The molecule has 0 aromatic heterocycles. The van der Waals surface area contributed by atoms with Gasteiger partial charge in [-0.3, -0.25) is 0 Å². The van der Waals surface area contributed by atoms with Crippen molar-refractivity contribution in [2.75, 3.05) is 23.7 Å². The fourth-order valence-electron chi connectivity index (χ4n) is 3.07. The molecule has 2 N–H and O–H groups in total. The maximum absolute atomic E-state index is 6.13. The van der Waals surface area contributed by atoms with Gasteiger partial charge in [-0.25, -0.2) is 0 Å². The van der Waals surface area contributed by atoms with E-state index in [2.05, 4.69) is 31.7 Å². The molecular formula is C15H24N2. The smallest absolute Gasteiger partial charge is 0.0629 e. The lowest BCUT2D eigenvalue weighted by atomic mass is 9.82. The van der Waals surface area contributed by atoms with E-state index < -0.39 is 0 Å². The van der Waals surface area contributed by atoms with E-state index in [-0.39, 0.29) is 0 Å². The summed E-state index contributed by atoms with van der Waals surface area (Å²) in [6, 6.07) is 6.21. The van der Waals surface area contributed by atoms with Gasteiger partial charge < -0.3 is 10.6 Å². The van der Waals surface area contributed by atoms with E-state index in [0.717, 1.165) is 18.8 Å². The average molecular weight is 232 g/mol. The highest BCUT2D eigenvalue weighted by atomic mass is 15.2. The molecule has 0 saturated carbocycles. The summed E-state index contributed by atoms with van der Waals surface area (Å²) in [6.45, 7) is 9.10. The van der Waals surface area contributed by atoms with Crippen molar-refractivity contribution < 1.29 is 0 Å². The van der Waals surface area contributed by atoms with Crippen LogP contribution in [0.5, 0.6) is 0 Å². The number of nitrogens with zero attached hydrogens (tertiary/aromatic N) is 1. The van der Waals surface area contributed by atoms with Gasteiger partial charge in [0.25, 0.3) is 0 Å². The Kier molecular flexibility index (Phi) is 3.32. The Labute approximate surface area is 105 Å². The fourth-order valence-corrected chi connectivity index (χ4v) is 3.07. The molecule has 1 aliphatic rings. The first-order valence-corrected chi connectivity index (χ1v) is 6.72. The first-order chi connectivity index (χ1) is 8.12. The number of nitrogen functional groups attached to an aromatic ring is 1.